The molecule has 2 rings (SSSR count). The molecule has 0 aliphatic rings. The van der Waals surface area contributed by atoms with Crippen LogP contribution in [-0.4, -0.2) is 0 Å². The van der Waals surface area contributed by atoms with Crippen LogP contribution in [0.25, 0.3) is 0 Å². The average molecular weight is 315 g/mol. The summed E-state index contributed by atoms with van der Waals surface area (Å²) in [4.78, 5) is 0. The van der Waals surface area contributed by atoms with Crippen molar-refractivity contribution in [3.8, 4) is 0 Å². The first kappa shape index (κ1) is 14.7. The van der Waals surface area contributed by atoms with Crippen LogP contribution >= 0.6 is 34.8 Å². The van der Waals surface area contributed by atoms with E-state index in [0.717, 1.165) is 21.7 Å². The molecular weight excluding hydrogens is 301 g/mol. The minimum atomic E-state index is -0.141. The van der Waals surface area contributed by atoms with Gasteiger partial charge in [0, 0.05) is 21.1 Å². The van der Waals surface area contributed by atoms with Crippen molar-refractivity contribution in [3.63, 3.8) is 0 Å². The molecule has 0 radical (unpaired) electrons. The van der Waals surface area contributed by atoms with Crippen molar-refractivity contribution < 1.29 is 0 Å². The van der Waals surface area contributed by atoms with Gasteiger partial charge in [-0.15, -0.1) is 0 Å². The third-order valence-corrected chi connectivity index (χ3v) is 4.16. The smallest absolute Gasteiger partial charge is 0.0453 e. The Morgan fingerprint density at radius 2 is 1.79 bits per heavy atom. The fourth-order valence-corrected chi connectivity index (χ4v) is 2.73. The highest BCUT2D eigenvalue weighted by atomic mass is 35.5. The lowest BCUT2D eigenvalue weighted by Gasteiger charge is -2.16. The highest BCUT2D eigenvalue weighted by molar-refractivity contribution is 6.35. The quantitative estimate of drug-likeness (QED) is 0.828. The molecule has 1 atom stereocenters. The maximum atomic E-state index is 6.25. The second-order valence-corrected chi connectivity index (χ2v) is 5.75. The van der Waals surface area contributed by atoms with E-state index >= 15 is 0 Å². The lowest BCUT2D eigenvalue weighted by atomic mass is 9.96. The molecule has 0 spiro atoms. The van der Waals surface area contributed by atoms with Gasteiger partial charge in [-0.2, -0.15) is 0 Å². The SMILES string of the molecule is Cc1c(Cl)cccc1C(N)Cc1ccc(Cl)cc1Cl. The summed E-state index contributed by atoms with van der Waals surface area (Å²) in [5.41, 5.74) is 9.29. The van der Waals surface area contributed by atoms with Gasteiger partial charge in [-0.25, -0.2) is 0 Å². The third kappa shape index (κ3) is 3.43. The Morgan fingerprint density at radius 1 is 1.05 bits per heavy atom. The predicted octanol–water partition coefficient (Wildman–Crippen LogP) is 5.20. The van der Waals surface area contributed by atoms with Gasteiger partial charge in [-0.05, 0) is 48.2 Å². The number of rotatable bonds is 3. The molecular formula is C15H14Cl3N. The minimum Gasteiger partial charge on any atom is -0.324 e. The highest BCUT2D eigenvalue weighted by Crippen LogP contribution is 2.28. The summed E-state index contributed by atoms with van der Waals surface area (Å²) < 4.78 is 0. The molecule has 0 saturated heterocycles. The maximum absolute atomic E-state index is 6.25. The maximum Gasteiger partial charge on any atom is 0.0453 e. The largest absolute Gasteiger partial charge is 0.324 e. The molecule has 1 nitrogen and oxygen atoms in total. The van der Waals surface area contributed by atoms with Gasteiger partial charge in [0.15, 0.2) is 0 Å². The van der Waals surface area contributed by atoms with Crippen LogP contribution in [0.4, 0.5) is 0 Å². The zero-order valence-electron chi connectivity index (χ0n) is 10.5. The number of benzene rings is 2. The molecule has 0 aliphatic heterocycles. The topological polar surface area (TPSA) is 26.0 Å². The summed E-state index contributed by atoms with van der Waals surface area (Å²) >= 11 is 18.2. The summed E-state index contributed by atoms with van der Waals surface area (Å²) in [5, 5.41) is 2.00. The van der Waals surface area contributed by atoms with Gasteiger partial charge in [0.1, 0.15) is 0 Å². The highest BCUT2D eigenvalue weighted by Gasteiger charge is 2.13. The first-order valence-electron chi connectivity index (χ1n) is 5.93. The van der Waals surface area contributed by atoms with Crippen LogP contribution in [0.1, 0.15) is 22.7 Å². The van der Waals surface area contributed by atoms with Crippen LogP contribution in [0, 0.1) is 6.92 Å². The monoisotopic (exact) mass is 313 g/mol. The van der Waals surface area contributed by atoms with Crippen molar-refractivity contribution in [1.82, 2.24) is 0 Å². The van der Waals surface area contributed by atoms with Crippen molar-refractivity contribution in [1.29, 1.82) is 0 Å². The second kappa shape index (κ2) is 6.15. The molecule has 0 saturated carbocycles. The van der Waals surface area contributed by atoms with E-state index in [0.29, 0.717) is 16.5 Å². The van der Waals surface area contributed by atoms with E-state index in [1.807, 2.05) is 37.3 Å². The lowest BCUT2D eigenvalue weighted by molar-refractivity contribution is 0.717. The standard InChI is InChI=1S/C15H14Cl3N/c1-9-12(3-2-4-13(9)17)15(19)7-10-5-6-11(16)8-14(10)18/h2-6,8,15H,7,19H2,1H3. The molecule has 0 aromatic heterocycles. The minimum absolute atomic E-state index is 0.141. The van der Waals surface area contributed by atoms with E-state index < -0.39 is 0 Å². The number of hydrogen-bond acceptors (Lipinski definition) is 1. The number of hydrogen-bond donors (Lipinski definition) is 1. The van der Waals surface area contributed by atoms with Crippen LogP contribution in [0.5, 0.6) is 0 Å². The van der Waals surface area contributed by atoms with Gasteiger partial charge in [0.25, 0.3) is 0 Å². The summed E-state index contributed by atoms with van der Waals surface area (Å²) in [6.07, 6.45) is 0.650. The van der Waals surface area contributed by atoms with Gasteiger partial charge >= 0.3 is 0 Å². The van der Waals surface area contributed by atoms with E-state index in [2.05, 4.69) is 0 Å². The fourth-order valence-electron chi connectivity index (χ4n) is 2.06. The Hall–Kier alpha value is -0.730. The molecule has 4 heteroatoms. The molecule has 2 aromatic rings. The summed E-state index contributed by atoms with van der Waals surface area (Å²) in [5.74, 6) is 0. The normalized spacial score (nSPS) is 12.5. The Kier molecular flexibility index (Phi) is 4.75. The van der Waals surface area contributed by atoms with Crippen LogP contribution in [0.3, 0.4) is 0 Å². The van der Waals surface area contributed by atoms with E-state index in [4.69, 9.17) is 40.5 Å². The molecule has 0 bridgehead atoms. The second-order valence-electron chi connectivity index (χ2n) is 4.50. The first-order valence-corrected chi connectivity index (χ1v) is 7.07. The summed E-state index contributed by atoms with van der Waals surface area (Å²) in [7, 11) is 0. The van der Waals surface area contributed by atoms with Crippen LogP contribution in [-0.2, 0) is 6.42 Å². The predicted molar refractivity (Wildman–Crippen MR) is 83.3 cm³/mol. The average Bonchev–Trinajstić information content (AvgIpc) is 2.36. The van der Waals surface area contributed by atoms with Gasteiger partial charge in [-0.1, -0.05) is 53.0 Å². The van der Waals surface area contributed by atoms with Crippen LogP contribution in [0.15, 0.2) is 36.4 Å². The van der Waals surface area contributed by atoms with Crippen molar-refractivity contribution in [3.05, 3.63) is 68.2 Å². The molecule has 100 valence electrons. The van der Waals surface area contributed by atoms with E-state index in [-0.39, 0.29) is 6.04 Å². The van der Waals surface area contributed by atoms with Crippen molar-refractivity contribution >= 4 is 34.8 Å². The molecule has 0 aliphatic carbocycles. The zero-order chi connectivity index (χ0) is 14.0. The molecule has 1 unspecified atom stereocenters. The molecule has 2 N–H and O–H groups in total. The lowest BCUT2D eigenvalue weighted by Crippen LogP contribution is -2.15. The van der Waals surface area contributed by atoms with Crippen LogP contribution < -0.4 is 5.73 Å². The molecule has 0 heterocycles. The zero-order valence-corrected chi connectivity index (χ0v) is 12.7. The van der Waals surface area contributed by atoms with Gasteiger partial charge < -0.3 is 5.73 Å². The molecule has 19 heavy (non-hydrogen) atoms. The van der Waals surface area contributed by atoms with E-state index in [9.17, 15) is 0 Å². The Balaban J connectivity index is 2.25. The number of nitrogens with two attached hydrogens (primary N) is 1. The van der Waals surface area contributed by atoms with Crippen LogP contribution in [0.2, 0.25) is 15.1 Å². The Bertz CT molecular complexity index is 596. The van der Waals surface area contributed by atoms with Gasteiger partial charge in [-0.3, -0.25) is 0 Å². The summed E-state index contributed by atoms with van der Waals surface area (Å²) in [6.45, 7) is 1.97. The van der Waals surface area contributed by atoms with Gasteiger partial charge in [0.2, 0.25) is 0 Å². The van der Waals surface area contributed by atoms with Crippen molar-refractivity contribution in [2.45, 2.75) is 19.4 Å². The molecule has 2 aromatic carbocycles. The van der Waals surface area contributed by atoms with E-state index in [1.54, 1.807) is 6.07 Å². The van der Waals surface area contributed by atoms with Crippen molar-refractivity contribution in [2.24, 2.45) is 5.73 Å². The Morgan fingerprint density at radius 3 is 2.47 bits per heavy atom. The van der Waals surface area contributed by atoms with Gasteiger partial charge in [0.05, 0.1) is 0 Å². The third-order valence-electron chi connectivity index (χ3n) is 3.16. The fraction of sp³-hybridized carbons (Fsp3) is 0.200. The molecule has 0 amide bonds. The first-order chi connectivity index (χ1) is 8.99. The van der Waals surface area contributed by atoms with E-state index in [1.165, 1.54) is 0 Å². The summed E-state index contributed by atoms with van der Waals surface area (Å²) in [6, 6.07) is 11.1. The Labute approximate surface area is 128 Å². The van der Waals surface area contributed by atoms with Crippen molar-refractivity contribution in [2.75, 3.05) is 0 Å². The molecule has 0 fully saturated rings. The number of halogens is 3.